The van der Waals surface area contributed by atoms with Gasteiger partial charge in [0.05, 0.1) is 16.8 Å². The Morgan fingerprint density at radius 3 is 2.40 bits per heavy atom. The molecule has 3 aromatic rings. The van der Waals surface area contributed by atoms with Crippen molar-refractivity contribution in [3.63, 3.8) is 0 Å². The molecule has 2 N–H and O–H groups in total. The van der Waals surface area contributed by atoms with Crippen LogP contribution < -0.4 is 10.6 Å². The summed E-state index contributed by atoms with van der Waals surface area (Å²) in [5.74, 6) is -3.59. The van der Waals surface area contributed by atoms with Crippen molar-refractivity contribution < 1.29 is 13.6 Å². The van der Waals surface area contributed by atoms with Gasteiger partial charge in [0.25, 0.3) is 0 Å². The van der Waals surface area contributed by atoms with Crippen LogP contribution in [0.5, 0.6) is 0 Å². The molecular weight excluding hydrogens is 394 g/mol. The highest BCUT2D eigenvalue weighted by Gasteiger charge is 2.29. The number of nitrogens with one attached hydrogen (secondary N) is 2. The van der Waals surface area contributed by atoms with Gasteiger partial charge in [-0.1, -0.05) is 0 Å². The van der Waals surface area contributed by atoms with E-state index in [-0.39, 0.29) is 28.9 Å². The molecule has 0 spiro atoms. The van der Waals surface area contributed by atoms with Crippen LogP contribution in [0, 0.1) is 18.3 Å². The summed E-state index contributed by atoms with van der Waals surface area (Å²) in [4.78, 5) is 31.5. The Hall–Kier alpha value is -4.07. The second-order valence-corrected chi connectivity index (χ2v) is 6.44. The van der Waals surface area contributed by atoms with Crippen LogP contribution in [-0.2, 0) is 10.7 Å². The smallest absolute Gasteiger partial charge is 0.303 e. The number of hydrogen-bond acceptors (Lipinski definition) is 8. The molecule has 0 aromatic carbocycles. The lowest BCUT2D eigenvalue weighted by Gasteiger charge is -2.15. The van der Waals surface area contributed by atoms with Gasteiger partial charge in [0.1, 0.15) is 17.7 Å². The van der Waals surface area contributed by atoms with E-state index in [0.29, 0.717) is 23.9 Å². The number of aromatic nitrogens is 5. The topological polar surface area (TPSA) is 129 Å². The molecule has 3 heterocycles. The van der Waals surface area contributed by atoms with Crippen LogP contribution in [0.25, 0.3) is 11.4 Å². The number of carbonyl (C=O) groups excluding carboxylic acids is 1. The molecule has 0 aliphatic rings. The molecule has 0 aliphatic carbocycles. The van der Waals surface area contributed by atoms with E-state index >= 15 is 0 Å². The number of alkyl halides is 2. The molecule has 0 radical (unpaired) electrons. The fraction of sp³-hybridized carbons (Fsp3) is 0.211. The summed E-state index contributed by atoms with van der Waals surface area (Å²) < 4.78 is 27.4. The predicted molar refractivity (Wildman–Crippen MR) is 104 cm³/mol. The lowest BCUT2D eigenvalue weighted by atomic mass is 10.2. The van der Waals surface area contributed by atoms with E-state index in [2.05, 4.69) is 35.6 Å². The van der Waals surface area contributed by atoms with Crippen molar-refractivity contribution in [2.75, 3.05) is 10.6 Å². The van der Waals surface area contributed by atoms with E-state index in [0.717, 1.165) is 0 Å². The van der Waals surface area contributed by atoms with E-state index in [4.69, 9.17) is 5.26 Å². The summed E-state index contributed by atoms with van der Waals surface area (Å²) in [6, 6.07) is 4.92. The highest BCUT2D eigenvalue weighted by molar-refractivity contribution is 5.89. The molecule has 0 atom stereocenters. The van der Waals surface area contributed by atoms with Gasteiger partial charge in [-0.3, -0.25) is 4.79 Å². The van der Waals surface area contributed by atoms with Crippen LogP contribution in [0.4, 0.5) is 26.1 Å². The third-order valence-corrected chi connectivity index (χ3v) is 3.74. The molecule has 0 saturated carbocycles. The summed E-state index contributed by atoms with van der Waals surface area (Å²) in [6.07, 6.45) is 4.11. The summed E-state index contributed by atoms with van der Waals surface area (Å²) in [5.41, 5.74) is 1.39. The quantitative estimate of drug-likeness (QED) is 0.655. The number of pyridine rings is 1. The molecule has 11 heteroatoms. The monoisotopic (exact) mass is 410 g/mol. The molecule has 0 fully saturated rings. The highest BCUT2D eigenvalue weighted by Crippen LogP contribution is 2.31. The number of carbonyl (C=O) groups is 1. The summed E-state index contributed by atoms with van der Waals surface area (Å²) in [6.45, 7) is 3.61. The SMILES string of the molecule is CC(=O)Nc1cc(Nc2cc(C)nc(C(C)(F)F)n2)c(-c2ncc(C#N)cn2)cn1. The van der Waals surface area contributed by atoms with Crippen LogP contribution in [0.3, 0.4) is 0 Å². The number of aryl methyl sites for hydroxylation is 1. The molecule has 0 bridgehead atoms. The zero-order chi connectivity index (χ0) is 21.9. The van der Waals surface area contributed by atoms with Crippen LogP contribution in [-0.4, -0.2) is 30.8 Å². The van der Waals surface area contributed by atoms with Gasteiger partial charge < -0.3 is 10.6 Å². The van der Waals surface area contributed by atoms with Gasteiger partial charge in [0.2, 0.25) is 11.7 Å². The maximum Gasteiger partial charge on any atom is 0.303 e. The zero-order valence-electron chi connectivity index (χ0n) is 16.2. The van der Waals surface area contributed by atoms with Crippen molar-refractivity contribution in [1.29, 1.82) is 5.26 Å². The first-order chi connectivity index (χ1) is 14.2. The first-order valence-electron chi connectivity index (χ1n) is 8.67. The minimum atomic E-state index is -3.22. The minimum absolute atomic E-state index is 0.119. The minimum Gasteiger partial charge on any atom is -0.339 e. The van der Waals surface area contributed by atoms with Crippen molar-refractivity contribution in [3.05, 3.63) is 47.8 Å². The average molecular weight is 410 g/mol. The number of nitriles is 1. The Balaban J connectivity index is 2.08. The Kier molecular flexibility index (Phi) is 5.59. The van der Waals surface area contributed by atoms with Crippen LogP contribution in [0.15, 0.2) is 30.7 Å². The number of rotatable bonds is 5. The molecule has 1 amide bonds. The van der Waals surface area contributed by atoms with Crippen molar-refractivity contribution in [1.82, 2.24) is 24.9 Å². The Morgan fingerprint density at radius 2 is 1.80 bits per heavy atom. The number of nitrogens with zero attached hydrogens (tertiary/aromatic N) is 6. The first kappa shape index (κ1) is 20.7. The summed E-state index contributed by atoms with van der Waals surface area (Å²) in [5, 5.41) is 14.4. The molecule has 3 rings (SSSR count). The van der Waals surface area contributed by atoms with Gasteiger partial charge in [-0.2, -0.15) is 14.0 Å². The normalized spacial score (nSPS) is 10.9. The van der Waals surface area contributed by atoms with Crippen molar-refractivity contribution in [2.45, 2.75) is 26.7 Å². The lowest BCUT2D eigenvalue weighted by molar-refractivity contribution is -0.114. The molecule has 3 aromatic heterocycles. The number of amides is 1. The van der Waals surface area contributed by atoms with Crippen LogP contribution in [0.2, 0.25) is 0 Å². The van der Waals surface area contributed by atoms with Gasteiger partial charge in [0, 0.05) is 50.3 Å². The Labute approximate surface area is 170 Å². The molecule has 0 unspecified atom stereocenters. The highest BCUT2D eigenvalue weighted by atomic mass is 19.3. The molecule has 30 heavy (non-hydrogen) atoms. The number of halogens is 2. The van der Waals surface area contributed by atoms with E-state index in [1.54, 1.807) is 6.92 Å². The van der Waals surface area contributed by atoms with E-state index in [1.807, 2.05) is 6.07 Å². The standard InChI is InChI=1S/C19H16F2N8O/c1-10-4-16(29-18(26-10)19(3,20)21)28-14-5-15(27-11(2)30)23-9-13(14)17-24-7-12(6-22)8-25-17/h4-5,7-9H,1-3H3,(H2,23,26,27,28,29,30). The van der Waals surface area contributed by atoms with Gasteiger partial charge in [0.15, 0.2) is 5.82 Å². The molecule has 0 aliphatic heterocycles. The zero-order valence-corrected chi connectivity index (χ0v) is 16.2. The van der Waals surface area contributed by atoms with Gasteiger partial charge >= 0.3 is 5.92 Å². The second kappa shape index (κ2) is 8.12. The van der Waals surface area contributed by atoms with Gasteiger partial charge in [-0.05, 0) is 6.92 Å². The fourth-order valence-electron chi connectivity index (χ4n) is 2.48. The van der Waals surface area contributed by atoms with E-state index in [1.165, 1.54) is 37.6 Å². The third kappa shape index (κ3) is 4.85. The third-order valence-electron chi connectivity index (χ3n) is 3.74. The number of anilines is 3. The van der Waals surface area contributed by atoms with Gasteiger partial charge in [-0.15, -0.1) is 0 Å². The summed E-state index contributed by atoms with van der Waals surface area (Å²) in [7, 11) is 0. The molecule has 0 saturated heterocycles. The van der Waals surface area contributed by atoms with Crippen LogP contribution >= 0.6 is 0 Å². The Bertz CT molecular complexity index is 1140. The maximum atomic E-state index is 13.7. The van der Waals surface area contributed by atoms with E-state index in [9.17, 15) is 13.6 Å². The first-order valence-corrected chi connectivity index (χ1v) is 8.67. The lowest BCUT2D eigenvalue weighted by Crippen LogP contribution is -2.14. The second-order valence-electron chi connectivity index (χ2n) is 6.44. The maximum absolute atomic E-state index is 13.7. The van der Waals surface area contributed by atoms with Crippen molar-refractivity contribution >= 4 is 23.2 Å². The summed E-state index contributed by atoms with van der Waals surface area (Å²) >= 11 is 0. The van der Waals surface area contributed by atoms with Crippen molar-refractivity contribution in [2.24, 2.45) is 0 Å². The molecule has 9 nitrogen and oxygen atoms in total. The van der Waals surface area contributed by atoms with E-state index < -0.39 is 11.7 Å². The number of hydrogen-bond donors (Lipinski definition) is 2. The largest absolute Gasteiger partial charge is 0.339 e. The Morgan fingerprint density at radius 1 is 1.10 bits per heavy atom. The van der Waals surface area contributed by atoms with Crippen molar-refractivity contribution in [3.8, 4) is 17.5 Å². The van der Waals surface area contributed by atoms with Gasteiger partial charge in [-0.25, -0.2) is 24.9 Å². The molecular formula is C19H16F2N8O. The van der Waals surface area contributed by atoms with Crippen LogP contribution in [0.1, 0.15) is 30.9 Å². The predicted octanol–water partition coefficient (Wildman–Crippen LogP) is 3.32. The fourth-order valence-corrected chi connectivity index (χ4v) is 2.48. The molecule has 152 valence electrons. The average Bonchev–Trinajstić information content (AvgIpc) is 2.67.